The monoisotopic (exact) mass is 245 g/mol. The number of rotatable bonds is 3. The van der Waals surface area contributed by atoms with E-state index in [4.69, 9.17) is 0 Å². The average molecular weight is 245 g/mol. The van der Waals surface area contributed by atoms with Gasteiger partial charge >= 0.3 is 6.18 Å². The molecule has 1 rings (SSSR count). The van der Waals surface area contributed by atoms with Crippen LogP contribution in [0.2, 0.25) is 0 Å². The highest BCUT2D eigenvalue weighted by molar-refractivity contribution is 5.95. The first-order valence-electron chi connectivity index (χ1n) is 5.25. The second-order valence-electron chi connectivity index (χ2n) is 4.08. The maximum absolute atomic E-state index is 12.3. The fraction of sp³-hybridized carbons (Fsp3) is 0.417. The lowest BCUT2D eigenvalue weighted by Crippen LogP contribution is -2.31. The lowest BCUT2D eigenvalue weighted by Gasteiger charge is -2.13. The molecule has 0 fully saturated rings. The van der Waals surface area contributed by atoms with E-state index in [0.29, 0.717) is 0 Å². The van der Waals surface area contributed by atoms with Crippen molar-refractivity contribution in [2.24, 2.45) is 0 Å². The third-order valence-electron chi connectivity index (χ3n) is 2.07. The predicted octanol–water partition coefficient (Wildman–Crippen LogP) is 2.93. The molecule has 0 aromatic heterocycles. The fourth-order valence-electron chi connectivity index (χ4n) is 1.45. The molecule has 0 unspecified atom stereocenters. The summed E-state index contributed by atoms with van der Waals surface area (Å²) in [5.41, 5.74) is 0.0803. The van der Waals surface area contributed by atoms with Crippen LogP contribution in [0.3, 0.4) is 0 Å². The first-order chi connectivity index (χ1) is 7.79. The van der Waals surface area contributed by atoms with Crippen LogP contribution in [0.4, 0.5) is 13.2 Å². The number of nitrogens with one attached hydrogen (secondary N) is 1. The summed E-state index contributed by atoms with van der Waals surface area (Å²) in [4.78, 5) is 11.7. The van der Waals surface area contributed by atoms with Crippen LogP contribution in [0.5, 0.6) is 0 Å². The summed E-state index contributed by atoms with van der Waals surface area (Å²) in [6, 6.07) is 5.66. The summed E-state index contributed by atoms with van der Waals surface area (Å²) in [6.45, 7) is 3.51. The van der Waals surface area contributed by atoms with Crippen LogP contribution in [0, 0.1) is 0 Å². The van der Waals surface area contributed by atoms with Gasteiger partial charge in [-0.05, 0) is 25.5 Å². The third-order valence-corrected chi connectivity index (χ3v) is 2.07. The highest BCUT2D eigenvalue weighted by Crippen LogP contribution is 2.23. The zero-order valence-electron chi connectivity index (χ0n) is 9.64. The van der Waals surface area contributed by atoms with E-state index in [1.165, 1.54) is 18.2 Å². The molecule has 0 heterocycles. The Morgan fingerprint density at radius 3 is 2.41 bits per heavy atom. The van der Waals surface area contributed by atoms with E-state index in [-0.39, 0.29) is 17.2 Å². The maximum atomic E-state index is 12.3. The van der Waals surface area contributed by atoms with Gasteiger partial charge in [-0.1, -0.05) is 18.2 Å². The minimum absolute atomic E-state index is 0.00171. The molecule has 0 aliphatic carbocycles. The van der Waals surface area contributed by atoms with Gasteiger partial charge in [0.1, 0.15) is 0 Å². The molecule has 0 bridgehead atoms. The average Bonchev–Trinajstić information content (AvgIpc) is 2.14. The third kappa shape index (κ3) is 4.46. The normalized spacial score (nSPS) is 11.6. The molecule has 0 spiro atoms. The molecule has 5 heteroatoms. The van der Waals surface area contributed by atoms with Crippen molar-refractivity contribution in [1.29, 1.82) is 0 Å². The van der Waals surface area contributed by atoms with Crippen molar-refractivity contribution in [1.82, 2.24) is 5.32 Å². The first kappa shape index (κ1) is 13.5. The van der Waals surface area contributed by atoms with Gasteiger partial charge in [0, 0.05) is 11.6 Å². The Morgan fingerprint density at radius 2 is 1.88 bits per heavy atom. The summed E-state index contributed by atoms with van der Waals surface area (Å²) in [6.07, 6.45) is -5.40. The van der Waals surface area contributed by atoms with Crippen molar-refractivity contribution in [2.75, 3.05) is 0 Å². The largest absolute Gasteiger partial charge is 0.393 e. The fourth-order valence-corrected chi connectivity index (χ4v) is 1.45. The van der Waals surface area contributed by atoms with E-state index < -0.39 is 18.5 Å². The van der Waals surface area contributed by atoms with E-state index in [1.807, 2.05) is 0 Å². The molecule has 1 N–H and O–H groups in total. The van der Waals surface area contributed by atoms with E-state index in [2.05, 4.69) is 5.32 Å². The molecule has 1 aromatic carbocycles. The molecule has 0 aliphatic heterocycles. The minimum atomic E-state index is -4.31. The Kier molecular flexibility index (Phi) is 4.15. The van der Waals surface area contributed by atoms with Crippen LogP contribution in [0.15, 0.2) is 24.3 Å². The second kappa shape index (κ2) is 5.21. The summed E-state index contributed by atoms with van der Waals surface area (Å²) >= 11 is 0. The standard InChI is InChI=1S/C12H14F3NO/c1-8(2)16-11(17)10-6-4-3-5-9(10)7-12(13,14)15/h3-6,8H,7H2,1-2H3,(H,16,17). The smallest absolute Gasteiger partial charge is 0.350 e. The number of amides is 1. The van der Waals surface area contributed by atoms with E-state index >= 15 is 0 Å². The number of carbonyl (C=O) groups excluding carboxylic acids is 1. The molecule has 0 aliphatic rings. The number of hydrogen-bond acceptors (Lipinski definition) is 1. The molecule has 0 saturated heterocycles. The van der Waals surface area contributed by atoms with Gasteiger partial charge in [-0.25, -0.2) is 0 Å². The Hall–Kier alpha value is -1.52. The highest BCUT2D eigenvalue weighted by atomic mass is 19.4. The molecule has 0 radical (unpaired) electrons. The SMILES string of the molecule is CC(C)NC(=O)c1ccccc1CC(F)(F)F. The number of carbonyl (C=O) groups is 1. The maximum Gasteiger partial charge on any atom is 0.393 e. The Balaban J connectivity index is 2.95. The van der Waals surface area contributed by atoms with Crippen LogP contribution in [-0.4, -0.2) is 18.1 Å². The van der Waals surface area contributed by atoms with Gasteiger partial charge < -0.3 is 5.32 Å². The minimum Gasteiger partial charge on any atom is -0.350 e. The predicted molar refractivity (Wildman–Crippen MR) is 58.8 cm³/mol. The van der Waals surface area contributed by atoms with Crippen molar-refractivity contribution < 1.29 is 18.0 Å². The molecule has 0 saturated carbocycles. The zero-order chi connectivity index (χ0) is 13.1. The van der Waals surface area contributed by atoms with Gasteiger partial charge in [0.2, 0.25) is 0 Å². The second-order valence-corrected chi connectivity index (χ2v) is 4.08. The first-order valence-corrected chi connectivity index (χ1v) is 5.25. The van der Waals surface area contributed by atoms with E-state index in [1.54, 1.807) is 19.9 Å². The van der Waals surface area contributed by atoms with Crippen molar-refractivity contribution >= 4 is 5.91 Å². The van der Waals surface area contributed by atoms with Gasteiger partial charge in [0.25, 0.3) is 5.91 Å². The molecule has 17 heavy (non-hydrogen) atoms. The highest BCUT2D eigenvalue weighted by Gasteiger charge is 2.29. The molecular weight excluding hydrogens is 231 g/mol. The van der Waals surface area contributed by atoms with Crippen molar-refractivity contribution in [3.63, 3.8) is 0 Å². The summed E-state index contributed by atoms with van der Waals surface area (Å²) in [7, 11) is 0. The topological polar surface area (TPSA) is 29.1 Å². The van der Waals surface area contributed by atoms with Crippen molar-refractivity contribution in [3.05, 3.63) is 35.4 Å². The molecule has 2 nitrogen and oxygen atoms in total. The van der Waals surface area contributed by atoms with Crippen LogP contribution in [-0.2, 0) is 6.42 Å². The van der Waals surface area contributed by atoms with Crippen molar-refractivity contribution in [2.45, 2.75) is 32.5 Å². The molecule has 94 valence electrons. The van der Waals surface area contributed by atoms with Crippen LogP contribution >= 0.6 is 0 Å². The molecule has 1 amide bonds. The number of halogens is 3. The van der Waals surface area contributed by atoms with Gasteiger partial charge in [0.05, 0.1) is 6.42 Å². The number of benzene rings is 1. The zero-order valence-corrected chi connectivity index (χ0v) is 9.64. The summed E-state index contributed by atoms with van der Waals surface area (Å²) < 4.78 is 36.9. The van der Waals surface area contributed by atoms with Crippen LogP contribution in [0.1, 0.15) is 29.8 Å². The van der Waals surface area contributed by atoms with E-state index in [9.17, 15) is 18.0 Å². The van der Waals surface area contributed by atoms with Crippen LogP contribution in [0.25, 0.3) is 0 Å². The Labute approximate surface area is 97.8 Å². The lowest BCUT2D eigenvalue weighted by atomic mass is 10.0. The van der Waals surface area contributed by atoms with Gasteiger partial charge in [-0.3, -0.25) is 4.79 Å². The van der Waals surface area contributed by atoms with Crippen LogP contribution < -0.4 is 5.32 Å². The Bertz CT molecular complexity index is 399. The van der Waals surface area contributed by atoms with Crippen molar-refractivity contribution in [3.8, 4) is 0 Å². The summed E-state index contributed by atoms with van der Waals surface area (Å²) in [5.74, 6) is -0.472. The number of hydrogen-bond donors (Lipinski definition) is 1. The van der Waals surface area contributed by atoms with E-state index in [0.717, 1.165) is 0 Å². The number of alkyl halides is 3. The van der Waals surface area contributed by atoms with Gasteiger partial charge in [0.15, 0.2) is 0 Å². The Morgan fingerprint density at radius 1 is 1.29 bits per heavy atom. The molecule has 0 atom stereocenters. The lowest BCUT2D eigenvalue weighted by molar-refractivity contribution is -0.127. The molecule has 1 aromatic rings. The molecular formula is C12H14F3NO. The summed E-state index contributed by atoms with van der Waals surface area (Å²) in [5, 5.41) is 2.58. The van der Waals surface area contributed by atoms with Gasteiger partial charge in [-0.2, -0.15) is 13.2 Å². The van der Waals surface area contributed by atoms with Gasteiger partial charge in [-0.15, -0.1) is 0 Å². The quantitative estimate of drug-likeness (QED) is 0.871.